The fraction of sp³-hybridized carbons (Fsp3) is 0.500. The highest BCUT2D eigenvalue weighted by molar-refractivity contribution is 5.41. The zero-order valence-corrected chi connectivity index (χ0v) is 10.9. The Morgan fingerprint density at radius 2 is 2.28 bits per heavy atom. The van der Waals surface area contributed by atoms with E-state index in [1.165, 1.54) is 0 Å². The Kier molecular flexibility index (Phi) is 6.20. The second-order valence-electron chi connectivity index (χ2n) is 4.26. The molecule has 0 saturated carbocycles. The number of aliphatic hydroxyl groups is 1. The number of nitrogens with zero attached hydrogens (tertiary/aromatic N) is 1. The molecule has 0 radical (unpaired) electrons. The first-order valence-corrected chi connectivity index (χ1v) is 6.19. The van der Waals surface area contributed by atoms with Crippen molar-refractivity contribution in [2.24, 2.45) is 0 Å². The number of ether oxygens (including phenoxy) is 1. The molecule has 1 unspecified atom stereocenters. The smallest absolute Gasteiger partial charge is 0.123 e. The second kappa shape index (κ2) is 7.70. The van der Waals surface area contributed by atoms with Gasteiger partial charge in [0.25, 0.3) is 0 Å². The first kappa shape index (κ1) is 14.5. The fourth-order valence-electron chi connectivity index (χ4n) is 1.52. The van der Waals surface area contributed by atoms with E-state index in [2.05, 4.69) is 18.3 Å². The molecule has 0 aliphatic carbocycles. The van der Waals surface area contributed by atoms with E-state index in [0.29, 0.717) is 17.9 Å². The van der Waals surface area contributed by atoms with Crippen LogP contribution in [0.25, 0.3) is 0 Å². The summed E-state index contributed by atoms with van der Waals surface area (Å²) in [4.78, 5) is 0. The monoisotopic (exact) mass is 248 g/mol. The molecule has 4 nitrogen and oxygen atoms in total. The predicted octanol–water partition coefficient (Wildman–Crippen LogP) is 1.61. The molecule has 2 N–H and O–H groups in total. The van der Waals surface area contributed by atoms with Gasteiger partial charge in [-0.2, -0.15) is 5.26 Å². The van der Waals surface area contributed by atoms with Crippen LogP contribution in [-0.4, -0.2) is 30.9 Å². The largest absolute Gasteiger partial charge is 0.491 e. The predicted molar refractivity (Wildman–Crippen MR) is 70.6 cm³/mol. The van der Waals surface area contributed by atoms with E-state index in [9.17, 15) is 5.11 Å². The van der Waals surface area contributed by atoms with Gasteiger partial charge >= 0.3 is 0 Å². The Morgan fingerprint density at radius 1 is 1.50 bits per heavy atom. The summed E-state index contributed by atoms with van der Waals surface area (Å²) in [7, 11) is 0. The molecule has 0 aliphatic heterocycles. The topological polar surface area (TPSA) is 65.3 Å². The van der Waals surface area contributed by atoms with E-state index >= 15 is 0 Å². The lowest BCUT2D eigenvalue weighted by atomic mass is 10.1. The maximum absolute atomic E-state index is 9.70. The molecule has 0 heterocycles. The minimum atomic E-state index is -0.540. The van der Waals surface area contributed by atoms with Crippen molar-refractivity contribution < 1.29 is 9.84 Å². The number of hydrogen-bond donors (Lipinski definition) is 2. The lowest BCUT2D eigenvalue weighted by molar-refractivity contribution is 0.106. The van der Waals surface area contributed by atoms with Gasteiger partial charge < -0.3 is 15.2 Å². The van der Waals surface area contributed by atoms with Gasteiger partial charge in [0.15, 0.2) is 0 Å². The molecule has 0 spiro atoms. The third-order valence-corrected chi connectivity index (χ3v) is 2.56. The molecule has 1 aromatic rings. The maximum Gasteiger partial charge on any atom is 0.123 e. The highest BCUT2D eigenvalue weighted by Gasteiger charge is 2.07. The van der Waals surface area contributed by atoms with Gasteiger partial charge in [-0.05, 0) is 37.6 Å². The molecular weight excluding hydrogens is 228 g/mol. The lowest BCUT2D eigenvalue weighted by Crippen LogP contribution is -2.31. The van der Waals surface area contributed by atoms with Crippen LogP contribution in [0.15, 0.2) is 18.2 Å². The Bertz CT molecular complexity index is 413. The van der Waals surface area contributed by atoms with Gasteiger partial charge in [-0.15, -0.1) is 0 Å². The third-order valence-electron chi connectivity index (χ3n) is 2.56. The summed E-state index contributed by atoms with van der Waals surface area (Å²) in [6.45, 7) is 5.63. The van der Waals surface area contributed by atoms with Crippen LogP contribution in [0.5, 0.6) is 5.75 Å². The SMILES string of the molecule is CCCNCC(O)COc1cc(C#N)ccc1C. The van der Waals surface area contributed by atoms with Crippen LogP contribution in [0.3, 0.4) is 0 Å². The Hall–Kier alpha value is -1.57. The maximum atomic E-state index is 9.70. The standard InChI is InChI=1S/C14H20N2O2/c1-3-6-16-9-13(17)10-18-14-7-12(8-15)5-4-11(14)2/h4-5,7,13,16-17H,3,6,9-10H2,1-2H3. The van der Waals surface area contributed by atoms with E-state index in [1.54, 1.807) is 12.1 Å². The summed E-state index contributed by atoms with van der Waals surface area (Å²) < 4.78 is 5.53. The van der Waals surface area contributed by atoms with E-state index in [0.717, 1.165) is 18.5 Å². The van der Waals surface area contributed by atoms with Crippen molar-refractivity contribution in [2.45, 2.75) is 26.4 Å². The quantitative estimate of drug-likeness (QED) is 0.719. The molecular formula is C14H20N2O2. The molecule has 0 bridgehead atoms. The summed E-state index contributed by atoms with van der Waals surface area (Å²) in [5.41, 5.74) is 1.52. The zero-order valence-electron chi connectivity index (χ0n) is 10.9. The molecule has 4 heteroatoms. The van der Waals surface area contributed by atoms with Crippen LogP contribution >= 0.6 is 0 Å². The number of hydrogen-bond acceptors (Lipinski definition) is 4. The van der Waals surface area contributed by atoms with Crippen LogP contribution < -0.4 is 10.1 Å². The summed E-state index contributed by atoms with van der Waals surface area (Å²) in [6, 6.07) is 7.36. The molecule has 0 amide bonds. The number of aryl methyl sites for hydroxylation is 1. The summed E-state index contributed by atoms with van der Waals surface area (Å²) >= 11 is 0. The van der Waals surface area contributed by atoms with Crippen LogP contribution in [0.1, 0.15) is 24.5 Å². The van der Waals surface area contributed by atoms with Gasteiger partial charge in [-0.25, -0.2) is 0 Å². The highest BCUT2D eigenvalue weighted by Crippen LogP contribution is 2.19. The lowest BCUT2D eigenvalue weighted by Gasteiger charge is -2.14. The highest BCUT2D eigenvalue weighted by atomic mass is 16.5. The first-order valence-electron chi connectivity index (χ1n) is 6.19. The van der Waals surface area contributed by atoms with Gasteiger partial charge in [0, 0.05) is 6.54 Å². The first-order chi connectivity index (χ1) is 8.67. The minimum Gasteiger partial charge on any atom is -0.491 e. The van der Waals surface area contributed by atoms with Gasteiger partial charge in [0.1, 0.15) is 18.5 Å². The van der Waals surface area contributed by atoms with E-state index < -0.39 is 6.10 Å². The molecule has 98 valence electrons. The van der Waals surface area contributed by atoms with Crippen molar-refractivity contribution in [1.29, 1.82) is 5.26 Å². The van der Waals surface area contributed by atoms with Crippen LogP contribution in [0.2, 0.25) is 0 Å². The van der Waals surface area contributed by atoms with E-state index in [-0.39, 0.29) is 6.61 Å². The number of nitriles is 1. The zero-order chi connectivity index (χ0) is 13.4. The van der Waals surface area contributed by atoms with Crippen LogP contribution in [0.4, 0.5) is 0 Å². The van der Waals surface area contributed by atoms with Crippen molar-refractivity contribution >= 4 is 0 Å². The number of aliphatic hydroxyl groups excluding tert-OH is 1. The Balaban J connectivity index is 2.45. The Morgan fingerprint density at radius 3 is 2.94 bits per heavy atom. The van der Waals surface area contributed by atoms with Gasteiger partial charge in [-0.1, -0.05) is 13.0 Å². The minimum absolute atomic E-state index is 0.229. The molecule has 1 atom stereocenters. The van der Waals surface area contributed by atoms with Crippen molar-refractivity contribution in [3.05, 3.63) is 29.3 Å². The normalized spacial score (nSPS) is 11.9. The molecule has 0 aromatic heterocycles. The van der Waals surface area contributed by atoms with Gasteiger partial charge in [0.05, 0.1) is 11.6 Å². The Labute approximate surface area is 108 Å². The molecule has 0 saturated heterocycles. The molecule has 1 aromatic carbocycles. The second-order valence-corrected chi connectivity index (χ2v) is 4.26. The average molecular weight is 248 g/mol. The molecule has 1 rings (SSSR count). The number of nitrogens with one attached hydrogen (secondary N) is 1. The van der Waals surface area contributed by atoms with Gasteiger partial charge in [-0.3, -0.25) is 0 Å². The molecule has 0 aliphatic rings. The summed E-state index contributed by atoms with van der Waals surface area (Å²) in [5.74, 6) is 0.656. The van der Waals surface area contributed by atoms with Crippen molar-refractivity contribution in [3.63, 3.8) is 0 Å². The van der Waals surface area contributed by atoms with E-state index in [4.69, 9.17) is 10.00 Å². The fourth-order valence-corrected chi connectivity index (χ4v) is 1.52. The van der Waals surface area contributed by atoms with Crippen molar-refractivity contribution in [2.75, 3.05) is 19.7 Å². The van der Waals surface area contributed by atoms with Gasteiger partial charge in [0.2, 0.25) is 0 Å². The molecule has 18 heavy (non-hydrogen) atoms. The van der Waals surface area contributed by atoms with Crippen molar-refractivity contribution in [1.82, 2.24) is 5.32 Å². The van der Waals surface area contributed by atoms with Crippen LogP contribution in [-0.2, 0) is 0 Å². The summed E-state index contributed by atoms with van der Waals surface area (Å²) in [5, 5.41) is 21.6. The van der Waals surface area contributed by atoms with E-state index in [1.807, 2.05) is 13.0 Å². The number of benzene rings is 1. The van der Waals surface area contributed by atoms with Crippen LogP contribution in [0, 0.1) is 18.3 Å². The third kappa shape index (κ3) is 4.74. The summed E-state index contributed by atoms with van der Waals surface area (Å²) in [6.07, 6.45) is 0.498. The van der Waals surface area contributed by atoms with Crippen molar-refractivity contribution in [3.8, 4) is 11.8 Å². The number of rotatable bonds is 7. The molecule has 0 fully saturated rings. The average Bonchev–Trinajstić information content (AvgIpc) is 2.38.